The summed E-state index contributed by atoms with van der Waals surface area (Å²) in [5.74, 6) is 1.71. The van der Waals surface area contributed by atoms with E-state index in [0.717, 1.165) is 5.92 Å². The number of fused-ring (bicyclic) bond motifs is 2. The summed E-state index contributed by atoms with van der Waals surface area (Å²) in [6.45, 7) is 3.85. The van der Waals surface area contributed by atoms with Gasteiger partial charge in [0, 0.05) is 0 Å². The maximum atomic E-state index is 11.2. The second kappa shape index (κ2) is 2.20. The Morgan fingerprint density at radius 3 is 2.36 bits per heavy atom. The molecule has 0 aromatic carbocycles. The average molecular weight is 150 g/mol. The molecule has 0 aliphatic heterocycles. The fourth-order valence-corrected chi connectivity index (χ4v) is 2.74. The molecule has 0 aromatic rings. The van der Waals surface area contributed by atoms with Gasteiger partial charge in [-0.15, -0.1) is 0 Å². The minimum Gasteiger partial charge on any atom is -0.295 e. The van der Waals surface area contributed by atoms with Crippen molar-refractivity contribution in [3.8, 4) is 0 Å². The van der Waals surface area contributed by atoms with Crippen LogP contribution in [0.25, 0.3) is 0 Å². The van der Waals surface area contributed by atoms with Crippen molar-refractivity contribution in [2.45, 2.75) is 33.1 Å². The number of Topliss-reactive ketones (excluding diaryl/α,β-unsaturated/α-hetero) is 1. The van der Waals surface area contributed by atoms with Gasteiger partial charge in [-0.05, 0) is 50.5 Å². The van der Waals surface area contributed by atoms with Crippen molar-refractivity contribution < 1.29 is 4.79 Å². The first kappa shape index (κ1) is 7.08. The Labute approximate surface area is 67.5 Å². The third-order valence-corrected chi connectivity index (χ3v) is 3.26. The Hall–Kier alpha value is -0.590. The number of carbonyl (C=O) groups excluding carboxylic acids is 1. The van der Waals surface area contributed by atoms with Crippen LogP contribution < -0.4 is 0 Å². The predicted molar refractivity (Wildman–Crippen MR) is 44.2 cm³/mol. The van der Waals surface area contributed by atoms with Gasteiger partial charge < -0.3 is 0 Å². The first-order valence-electron chi connectivity index (χ1n) is 4.41. The molecule has 2 atom stereocenters. The van der Waals surface area contributed by atoms with Crippen LogP contribution in [0, 0.1) is 11.8 Å². The maximum Gasteiger partial charge on any atom is 0.156 e. The van der Waals surface area contributed by atoms with Crippen LogP contribution in [0.4, 0.5) is 0 Å². The number of ketones is 1. The van der Waals surface area contributed by atoms with Crippen LogP contribution in [0.15, 0.2) is 11.1 Å². The summed E-state index contributed by atoms with van der Waals surface area (Å²) >= 11 is 0. The lowest BCUT2D eigenvalue weighted by Gasteiger charge is -2.13. The summed E-state index contributed by atoms with van der Waals surface area (Å²) in [5, 5.41) is 0. The molecule has 2 aliphatic rings. The number of rotatable bonds is 1. The zero-order valence-electron chi connectivity index (χ0n) is 7.18. The third kappa shape index (κ3) is 0.867. The lowest BCUT2D eigenvalue weighted by Crippen LogP contribution is -2.08. The number of hydrogen-bond acceptors (Lipinski definition) is 1. The van der Waals surface area contributed by atoms with Gasteiger partial charge in [-0.25, -0.2) is 0 Å². The van der Waals surface area contributed by atoms with Crippen LogP contribution in [0.3, 0.4) is 0 Å². The van der Waals surface area contributed by atoms with E-state index < -0.39 is 0 Å². The van der Waals surface area contributed by atoms with E-state index in [1.54, 1.807) is 6.92 Å². The van der Waals surface area contributed by atoms with Crippen LogP contribution in [-0.2, 0) is 4.79 Å². The molecule has 2 bridgehead atoms. The SMILES string of the molecule is CC(=O)C1=C(C)C2CCC1C2. The first-order valence-corrected chi connectivity index (χ1v) is 4.41. The smallest absolute Gasteiger partial charge is 0.156 e. The summed E-state index contributed by atoms with van der Waals surface area (Å²) in [4.78, 5) is 11.2. The van der Waals surface area contributed by atoms with Crippen molar-refractivity contribution in [2.24, 2.45) is 11.8 Å². The number of carbonyl (C=O) groups is 1. The van der Waals surface area contributed by atoms with E-state index in [2.05, 4.69) is 6.92 Å². The van der Waals surface area contributed by atoms with Gasteiger partial charge in [0.25, 0.3) is 0 Å². The molecule has 2 aliphatic carbocycles. The molecule has 1 saturated carbocycles. The zero-order valence-corrected chi connectivity index (χ0v) is 7.18. The van der Waals surface area contributed by atoms with Crippen molar-refractivity contribution in [1.82, 2.24) is 0 Å². The van der Waals surface area contributed by atoms with E-state index in [0.29, 0.717) is 11.7 Å². The lowest BCUT2D eigenvalue weighted by molar-refractivity contribution is -0.114. The Kier molecular flexibility index (Phi) is 1.41. The van der Waals surface area contributed by atoms with Crippen LogP contribution in [0.1, 0.15) is 33.1 Å². The second-order valence-corrected chi connectivity index (χ2v) is 3.86. The van der Waals surface area contributed by atoms with Crippen LogP contribution in [-0.4, -0.2) is 5.78 Å². The molecule has 1 nitrogen and oxygen atoms in total. The minimum absolute atomic E-state index is 0.315. The molecule has 0 spiro atoms. The molecule has 1 fully saturated rings. The molecular formula is C10H14O. The molecule has 1 heteroatoms. The fourth-order valence-electron chi connectivity index (χ4n) is 2.74. The van der Waals surface area contributed by atoms with E-state index in [4.69, 9.17) is 0 Å². The molecule has 0 saturated heterocycles. The Morgan fingerprint density at radius 1 is 1.36 bits per heavy atom. The van der Waals surface area contributed by atoms with E-state index in [-0.39, 0.29) is 0 Å². The molecule has 0 heterocycles. The number of allylic oxidation sites excluding steroid dienone is 2. The predicted octanol–water partition coefficient (Wildman–Crippen LogP) is 2.32. The first-order chi connectivity index (χ1) is 5.20. The Bertz CT molecular complexity index is 237. The van der Waals surface area contributed by atoms with E-state index >= 15 is 0 Å². The minimum atomic E-state index is 0.315. The van der Waals surface area contributed by atoms with Gasteiger partial charge in [0.2, 0.25) is 0 Å². The zero-order chi connectivity index (χ0) is 8.01. The second-order valence-electron chi connectivity index (χ2n) is 3.86. The number of hydrogen-bond donors (Lipinski definition) is 0. The third-order valence-electron chi connectivity index (χ3n) is 3.26. The summed E-state index contributed by atoms with van der Waals surface area (Å²) in [6.07, 6.45) is 3.85. The summed E-state index contributed by atoms with van der Waals surface area (Å²) in [7, 11) is 0. The largest absolute Gasteiger partial charge is 0.295 e. The topological polar surface area (TPSA) is 17.1 Å². The van der Waals surface area contributed by atoms with E-state index in [1.165, 1.54) is 30.4 Å². The highest BCUT2D eigenvalue weighted by Gasteiger charge is 2.38. The molecule has 2 unspecified atom stereocenters. The molecule has 0 aromatic heterocycles. The quantitative estimate of drug-likeness (QED) is 0.560. The highest BCUT2D eigenvalue weighted by molar-refractivity contribution is 5.95. The van der Waals surface area contributed by atoms with Crippen molar-refractivity contribution in [3.05, 3.63) is 11.1 Å². The normalized spacial score (nSPS) is 35.1. The highest BCUT2D eigenvalue weighted by Crippen LogP contribution is 2.48. The Morgan fingerprint density at radius 2 is 2.00 bits per heavy atom. The molecular weight excluding hydrogens is 136 g/mol. The van der Waals surface area contributed by atoms with Gasteiger partial charge in [0.1, 0.15) is 0 Å². The molecule has 0 radical (unpaired) electrons. The fraction of sp³-hybridized carbons (Fsp3) is 0.700. The van der Waals surface area contributed by atoms with Crippen LogP contribution in [0.2, 0.25) is 0 Å². The summed E-state index contributed by atoms with van der Waals surface area (Å²) < 4.78 is 0. The standard InChI is InChI=1S/C10H14O/c1-6-8-3-4-9(5-8)10(6)7(2)11/h8-9H,3-5H2,1-2H3. The van der Waals surface area contributed by atoms with Crippen LogP contribution >= 0.6 is 0 Å². The molecule has 11 heavy (non-hydrogen) atoms. The molecule has 0 amide bonds. The van der Waals surface area contributed by atoms with Crippen LogP contribution in [0.5, 0.6) is 0 Å². The average Bonchev–Trinajstić information content (AvgIpc) is 2.44. The van der Waals surface area contributed by atoms with Crippen molar-refractivity contribution in [2.75, 3.05) is 0 Å². The highest BCUT2D eigenvalue weighted by atomic mass is 16.1. The van der Waals surface area contributed by atoms with Gasteiger partial charge in [0.05, 0.1) is 0 Å². The van der Waals surface area contributed by atoms with Gasteiger partial charge in [0.15, 0.2) is 5.78 Å². The summed E-state index contributed by atoms with van der Waals surface area (Å²) in [5.41, 5.74) is 2.56. The van der Waals surface area contributed by atoms with Crippen molar-refractivity contribution in [3.63, 3.8) is 0 Å². The maximum absolute atomic E-state index is 11.2. The monoisotopic (exact) mass is 150 g/mol. The van der Waals surface area contributed by atoms with Crippen molar-refractivity contribution in [1.29, 1.82) is 0 Å². The Balaban J connectivity index is 2.37. The lowest BCUT2D eigenvalue weighted by atomic mass is 9.91. The van der Waals surface area contributed by atoms with Gasteiger partial charge >= 0.3 is 0 Å². The van der Waals surface area contributed by atoms with Gasteiger partial charge in [-0.2, -0.15) is 0 Å². The van der Waals surface area contributed by atoms with E-state index in [1.807, 2.05) is 0 Å². The molecule has 2 rings (SSSR count). The molecule has 0 N–H and O–H groups in total. The van der Waals surface area contributed by atoms with Gasteiger partial charge in [-0.3, -0.25) is 4.79 Å². The van der Waals surface area contributed by atoms with Gasteiger partial charge in [-0.1, -0.05) is 5.57 Å². The van der Waals surface area contributed by atoms with E-state index in [9.17, 15) is 4.79 Å². The molecule has 60 valence electrons. The van der Waals surface area contributed by atoms with Crippen molar-refractivity contribution >= 4 is 5.78 Å². The summed E-state index contributed by atoms with van der Waals surface area (Å²) in [6, 6.07) is 0.